The average Bonchev–Trinajstić information content (AvgIpc) is 3.01. The quantitative estimate of drug-likeness (QED) is 0.706. The van der Waals surface area contributed by atoms with E-state index in [1.807, 2.05) is 6.92 Å². The number of rotatable bonds is 4. The van der Waals surface area contributed by atoms with Gasteiger partial charge in [-0.3, -0.25) is 9.89 Å². The van der Waals surface area contributed by atoms with Crippen LogP contribution in [0.2, 0.25) is 0 Å². The molecular formula is C11H19N5O. The van der Waals surface area contributed by atoms with E-state index in [0.717, 1.165) is 25.9 Å². The lowest BCUT2D eigenvalue weighted by molar-refractivity contribution is -0.131. The number of hydrogen-bond donors (Lipinski definition) is 3. The van der Waals surface area contributed by atoms with E-state index in [1.165, 1.54) is 6.33 Å². The molecule has 2 atom stereocenters. The molecule has 3 N–H and O–H groups in total. The second-order valence-electron chi connectivity index (χ2n) is 4.63. The second-order valence-corrected chi connectivity index (χ2v) is 4.63. The van der Waals surface area contributed by atoms with E-state index in [4.69, 9.17) is 0 Å². The molecular weight excluding hydrogens is 218 g/mol. The highest BCUT2D eigenvalue weighted by atomic mass is 16.2. The molecule has 2 heterocycles. The van der Waals surface area contributed by atoms with E-state index < -0.39 is 0 Å². The van der Waals surface area contributed by atoms with Crippen molar-refractivity contribution >= 4 is 5.91 Å². The zero-order chi connectivity index (χ0) is 12.3. The van der Waals surface area contributed by atoms with Crippen LogP contribution in [-0.4, -0.2) is 34.2 Å². The molecule has 1 aromatic rings. The number of carbonyl (C=O) groups excluding carboxylic acids is 1. The number of nitrogens with one attached hydrogen (secondary N) is 3. The summed E-state index contributed by atoms with van der Waals surface area (Å²) in [6, 6.07) is -0.131. The molecule has 1 aliphatic rings. The summed E-state index contributed by atoms with van der Waals surface area (Å²) >= 11 is 0. The summed E-state index contributed by atoms with van der Waals surface area (Å²) in [5.74, 6) is 0.796. The fourth-order valence-corrected chi connectivity index (χ4v) is 2.24. The zero-order valence-corrected chi connectivity index (χ0v) is 10.3. The summed E-state index contributed by atoms with van der Waals surface area (Å²) < 4.78 is 0. The van der Waals surface area contributed by atoms with Crippen LogP contribution in [0, 0.1) is 5.41 Å². The maximum absolute atomic E-state index is 12.3. The summed E-state index contributed by atoms with van der Waals surface area (Å²) in [7, 11) is 0. The Labute approximate surface area is 101 Å². The van der Waals surface area contributed by atoms with Crippen molar-refractivity contribution in [2.24, 2.45) is 5.41 Å². The molecule has 17 heavy (non-hydrogen) atoms. The Morgan fingerprint density at radius 2 is 2.53 bits per heavy atom. The smallest absolute Gasteiger partial charge is 0.228 e. The van der Waals surface area contributed by atoms with Gasteiger partial charge >= 0.3 is 0 Å². The fourth-order valence-electron chi connectivity index (χ4n) is 2.24. The Morgan fingerprint density at radius 3 is 3.06 bits per heavy atom. The third-order valence-corrected chi connectivity index (χ3v) is 3.59. The number of aromatic amines is 1. The monoisotopic (exact) mass is 237 g/mol. The molecule has 0 bridgehead atoms. The number of nitrogens with zero attached hydrogens (tertiary/aromatic N) is 2. The fraction of sp³-hybridized carbons (Fsp3) is 0.727. The highest BCUT2D eigenvalue weighted by molar-refractivity contribution is 5.83. The van der Waals surface area contributed by atoms with E-state index in [-0.39, 0.29) is 17.4 Å². The van der Waals surface area contributed by atoms with Crippen molar-refractivity contribution < 1.29 is 4.79 Å². The summed E-state index contributed by atoms with van der Waals surface area (Å²) in [6.07, 6.45) is 3.21. The Kier molecular flexibility index (Phi) is 3.42. The predicted octanol–water partition coefficient (Wildman–Crippen LogP) is 0.372. The van der Waals surface area contributed by atoms with E-state index in [9.17, 15) is 4.79 Å². The molecule has 0 radical (unpaired) electrons. The van der Waals surface area contributed by atoms with Crippen LogP contribution in [0.5, 0.6) is 0 Å². The average molecular weight is 237 g/mol. The molecule has 94 valence electrons. The largest absolute Gasteiger partial charge is 0.346 e. The van der Waals surface area contributed by atoms with Crippen molar-refractivity contribution in [2.45, 2.75) is 32.7 Å². The standard InChI is InChI=1S/C11H19N5O/c1-3-11(4-5-12-6-11)10(17)15-8(2)9-13-7-14-16-9/h7-8,12H,3-6H2,1-2H3,(H,15,17)(H,13,14,16). The van der Waals surface area contributed by atoms with Gasteiger partial charge in [-0.2, -0.15) is 5.10 Å². The van der Waals surface area contributed by atoms with Crippen LogP contribution in [0.3, 0.4) is 0 Å². The maximum Gasteiger partial charge on any atom is 0.228 e. The Morgan fingerprint density at radius 1 is 1.71 bits per heavy atom. The number of amides is 1. The molecule has 0 aliphatic carbocycles. The van der Waals surface area contributed by atoms with Crippen molar-refractivity contribution in [3.63, 3.8) is 0 Å². The van der Waals surface area contributed by atoms with E-state index >= 15 is 0 Å². The van der Waals surface area contributed by atoms with Gasteiger partial charge in [0.25, 0.3) is 0 Å². The molecule has 6 heteroatoms. The minimum atomic E-state index is -0.256. The first-order valence-corrected chi connectivity index (χ1v) is 6.05. The van der Waals surface area contributed by atoms with Crippen molar-refractivity contribution in [3.05, 3.63) is 12.2 Å². The third kappa shape index (κ3) is 2.31. The van der Waals surface area contributed by atoms with Crippen LogP contribution in [0.4, 0.5) is 0 Å². The highest BCUT2D eigenvalue weighted by Gasteiger charge is 2.39. The van der Waals surface area contributed by atoms with Gasteiger partial charge in [-0.05, 0) is 26.3 Å². The maximum atomic E-state index is 12.3. The number of H-pyrrole nitrogens is 1. The van der Waals surface area contributed by atoms with Gasteiger partial charge in [-0.15, -0.1) is 0 Å². The Bertz CT molecular complexity index is 369. The van der Waals surface area contributed by atoms with Crippen molar-refractivity contribution in [2.75, 3.05) is 13.1 Å². The number of carbonyl (C=O) groups is 1. The third-order valence-electron chi connectivity index (χ3n) is 3.59. The van der Waals surface area contributed by atoms with E-state index in [1.54, 1.807) is 0 Å². The minimum Gasteiger partial charge on any atom is -0.346 e. The molecule has 2 unspecified atom stereocenters. The molecule has 1 amide bonds. The van der Waals surface area contributed by atoms with Gasteiger partial charge < -0.3 is 10.6 Å². The molecule has 0 spiro atoms. The second kappa shape index (κ2) is 4.83. The van der Waals surface area contributed by atoms with Gasteiger partial charge in [0.05, 0.1) is 11.5 Å². The number of hydrogen-bond acceptors (Lipinski definition) is 4. The first kappa shape index (κ1) is 12.0. The SMILES string of the molecule is CCC1(C(=O)NC(C)c2ncn[nH]2)CCNC1. The van der Waals surface area contributed by atoms with Gasteiger partial charge in [0.2, 0.25) is 5.91 Å². The van der Waals surface area contributed by atoms with Gasteiger partial charge in [-0.1, -0.05) is 6.92 Å². The van der Waals surface area contributed by atoms with Gasteiger partial charge in [-0.25, -0.2) is 4.98 Å². The van der Waals surface area contributed by atoms with Crippen molar-refractivity contribution in [1.29, 1.82) is 0 Å². The van der Waals surface area contributed by atoms with E-state index in [2.05, 4.69) is 32.7 Å². The Balaban J connectivity index is 2.01. The molecule has 6 nitrogen and oxygen atoms in total. The van der Waals surface area contributed by atoms with Crippen LogP contribution >= 0.6 is 0 Å². The molecule has 1 aliphatic heterocycles. The number of aromatic nitrogens is 3. The molecule has 0 saturated carbocycles. The first-order chi connectivity index (χ1) is 8.18. The normalized spacial score (nSPS) is 25.8. The van der Waals surface area contributed by atoms with Crippen LogP contribution in [-0.2, 0) is 4.79 Å². The Hall–Kier alpha value is -1.43. The predicted molar refractivity (Wildman–Crippen MR) is 63.2 cm³/mol. The van der Waals surface area contributed by atoms with Gasteiger partial charge in [0.15, 0.2) is 0 Å². The molecule has 1 fully saturated rings. The van der Waals surface area contributed by atoms with Gasteiger partial charge in [0, 0.05) is 6.54 Å². The van der Waals surface area contributed by atoms with Gasteiger partial charge in [0.1, 0.15) is 12.2 Å². The summed E-state index contributed by atoms with van der Waals surface area (Å²) in [5.41, 5.74) is -0.256. The molecule has 1 saturated heterocycles. The summed E-state index contributed by atoms with van der Waals surface area (Å²) in [5, 5.41) is 12.8. The molecule has 0 aromatic carbocycles. The molecule has 2 rings (SSSR count). The van der Waals surface area contributed by atoms with Crippen LogP contribution in [0.15, 0.2) is 6.33 Å². The van der Waals surface area contributed by atoms with Crippen molar-refractivity contribution in [3.8, 4) is 0 Å². The summed E-state index contributed by atoms with van der Waals surface area (Å²) in [6.45, 7) is 5.65. The van der Waals surface area contributed by atoms with Crippen LogP contribution in [0.1, 0.15) is 38.6 Å². The highest BCUT2D eigenvalue weighted by Crippen LogP contribution is 2.30. The minimum absolute atomic E-state index is 0.105. The lowest BCUT2D eigenvalue weighted by Crippen LogP contribution is -2.43. The van der Waals surface area contributed by atoms with Crippen molar-refractivity contribution in [1.82, 2.24) is 25.8 Å². The zero-order valence-electron chi connectivity index (χ0n) is 10.3. The lowest BCUT2D eigenvalue weighted by Gasteiger charge is -2.26. The van der Waals surface area contributed by atoms with Crippen LogP contribution in [0.25, 0.3) is 0 Å². The van der Waals surface area contributed by atoms with E-state index in [0.29, 0.717) is 5.82 Å². The lowest BCUT2D eigenvalue weighted by atomic mass is 9.83. The summed E-state index contributed by atoms with van der Waals surface area (Å²) in [4.78, 5) is 16.3. The topological polar surface area (TPSA) is 82.7 Å². The first-order valence-electron chi connectivity index (χ1n) is 6.05. The molecule has 1 aromatic heterocycles. The van der Waals surface area contributed by atoms with Crippen LogP contribution < -0.4 is 10.6 Å².